The van der Waals surface area contributed by atoms with E-state index in [0.717, 1.165) is 53.9 Å². The van der Waals surface area contributed by atoms with E-state index in [2.05, 4.69) is 37.9 Å². The third-order valence-electron chi connectivity index (χ3n) is 4.48. The second kappa shape index (κ2) is 5.63. The number of nitrogens with zero attached hydrogens (tertiary/aromatic N) is 2. The number of aromatic nitrogens is 2. The van der Waals surface area contributed by atoms with Crippen LogP contribution in [0.2, 0.25) is 0 Å². The lowest BCUT2D eigenvalue weighted by molar-refractivity contribution is 0.241. The molecule has 1 fully saturated rings. The predicted molar refractivity (Wildman–Crippen MR) is 88.8 cm³/mol. The van der Waals surface area contributed by atoms with E-state index in [1.165, 1.54) is 5.56 Å². The van der Waals surface area contributed by atoms with Crippen molar-refractivity contribution < 1.29 is 0 Å². The van der Waals surface area contributed by atoms with Crippen molar-refractivity contribution in [3.8, 4) is 0 Å². The zero-order chi connectivity index (χ0) is 15.1. The standard InChI is InChI=1S/C17H18BrN3O/c18-14-4-2-1-3-12(14)9-21-8-7-15-13(10-21)17(22)20-16(19-15)11-5-6-11/h1-4,11H,5-10H2,(H,19,20,22). The summed E-state index contributed by atoms with van der Waals surface area (Å²) in [5.74, 6) is 1.40. The SMILES string of the molecule is O=c1[nH]c(C2CC2)nc2c1CN(Cc1ccccc1Br)CC2. The number of hydrogen-bond acceptors (Lipinski definition) is 3. The number of hydrogen-bond donors (Lipinski definition) is 1. The summed E-state index contributed by atoms with van der Waals surface area (Å²) in [6.07, 6.45) is 3.19. The van der Waals surface area contributed by atoms with Gasteiger partial charge in [0.25, 0.3) is 5.56 Å². The summed E-state index contributed by atoms with van der Waals surface area (Å²) in [6.45, 7) is 2.49. The Morgan fingerprint density at radius 1 is 1.32 bits per heavy atom. The first kappa shape index (κ1) is 14.2. The fraction of sp³-hybridized carbons (Fsp3) is 0.412. The number of halogens is 1. The maximum Gasteiger partial charge on any atom is 0.255 e. The Labute approximate surface area is 137 Å². The normalized spacial score (nSPS) is 18.2. The zero-order valence-corrected chi connectivity index (χ0v) is 13.9. The molecule has 0 bridgehead atoms. The minimum Gasteiger partial charge on any atom is -0.310 e. The van der Waals surface area contributed by atoms with E-state index in [-0.39, 0.29) is 5.56 Å². The molecular formula is C17H18BrN3O. The molecule has 4 rings (SSSR count). The van der Waals surface area contributed by atoms with E-state index in [0.29, 0.717) is 12.5 Å². The molecule has 22 heavy (non-hydrogen) atoms. The predicted octanol–water partition coefficient (Wildman–Crippen LogP) is 2.97. The highest BCUT2D eigenvalue weighted by Gasteiger charge is 2.29. The van der Waals surface area contributed by atoms with E-state index < -0.39 is 0 Å². The molecule has 2 aromatic rings. The second-order valence-electron chi connectivity index (χ2n) is 6.20. The summed E-state index contributed by atoms with van der Waals surface area (Å²) in [7, 11) is 0. The van der Waals surface area contributed by atoms with Gasteiger partial charge in [-0.3, -0.25) is 9.69 Å². The third-order valence-corrected chi connectivity index (χ3v) is 5.26. The molecule has 0 amide bonds. The van der Waals surface area contributed by atoms with Crippen LogP contribution in [0.4, 0.5) is 0 Å². The van der Waals surface area contributed by atoms with Gasteiger partial charge in [0.05, 0.1) is 11.3 Å². The molecule has 1 aliphatic carbocycles. The van der Waals surface area contributed by atoms with Crippen molar-refractivity contribution in [1.82, 2.24) is 14.9 Å². The van der Waals surface area contributed by atoms with Crippen LogP contribution in [0.5, 0.6) is 0 Å². The van der Waals surface area contributed by atoms with Gasteiger partial charge in [0.1, 0.15) is 5.82 Å². The number of nitrogens with one attached hydrogen (secondary N) is 1. The van der Waals surface area contributed by atoms with Crippen LogP contribution in [0.25, 0.3) is 0 Å². The molecule has 5 heteroatoms. The number of fused-ring (bicyclic) bond motifs is 1. The second-order valence-corrected chi connectivity index (χ2v) is 7.06. The first-order valence-corrected chi connectivity index (χ1v) is 8.58. The van der Waals surface area contributed by atoms with Crippen LogP contribution in [0.15, 0.2) is 33.5 Å². The lowest BCUT2D eigenvalue weighted by atomic mass is 10.1. The molecule has 0 atom stereocenters. The average molecular weight is 360 g/mol. The van der Waals surface area contributed by atoms with Crippen molar-refractivity contribution >= 4 is 15.9 Å². The van der Waals surface area contributed by atoms with Gasteiger partial charge in [-0.25, -0.2) is 4.98 Å². The molecule has 0 spiro atoms. The number of H-pyrrole nitrogens is 1. The van der Waals surface area contributed by atoms with Crippen molar-refractivity contribution in [2.45, 2.75) is 38.3 Å². The molecule has 1 aliphatic heterocycles. The Bertz CT molecular complexity index is 767. The Morgan fingerprint density at radius 2 is 2.14 bits per heavy atom. The number of benzene rings is 1. The molecule has 1 aromatic heterocycles. The molecule has 0 saturated heterocycles. The molecule has 2 heterocycles. The van der Waals surface area contributed by atoms with E-state index in [1.807, 2.05) is 12.1 Å². The summed E-state index contributed by atoms with van der Waals surface area (Å²) in [5, 5.41) is 0. The summed E-state index contributed by atoms with van der Waals surface area (Å²) >= 11 is 3.59. The Hall–Kier alpha value is -1.46. The smallest absolute Gasteiger partial charge is 0.255 e. The van der Waals surface area contributed by atoms with Gasteiger partial charge in [0.15, 0.2) is 0 Å². The van der Waals surface area contributed by atoms with Gasteiger partial charge in [-0.15, -0.1) is 0 Å². The third kappa shape index (κ3) is 2.75. The van der Waals surface area contributed by atoms with Crippen LogP contribution in [0, 0.1) is 0 Å². The summed E-state index contributed by atoms with van der Waals surface area (Å²) in [5.41, 5.74) is 3.17. The van der Waals surface area contributed by atoms with Gasteiger partial charge in [0, 0.05) is 36.4 Å². The molecule has 2 aliphatic rings. The zero-order valence-electron chi connectivity index (χ0n) is 12.3. The molecule has 1 saturated carbocycles. The first-order valence-electron chi connectivity index (χ1n) is 7.78. The Balaban J connectivity index is 1.56. The van der Waals surface area contributed by atoms with Crippen LogP contribution in [0.1, 0.15) is 41.4 Å². The fourth-order valence-electron chi connectivity index (χ4n) is 3.05. The molecule has 0 radical (unpaired) electrons. The fourth-order valence-corrected chi connectivity index (χ4v) is 3.46. The van der Waals surface area contributed by atoms with Gasteiger partial charge in [-0.1, -0.05) is 34.1 Å². The number of aromatic amines is 1. The van der Waals surface area contributed by atoms with Crippen LogP contribution in [-0.2, 0) is 19.5 Å². The molecule has 0 unspecified atom stereocenters. The number of rotatable bonds is 3. The van der Waals surface area contributed by atoms with Gasteiger partial charge >= 0.3 is 0 Å². The minimum atomic E-state index is 0.0590. The van der Waals surface area contributed by atoms with Crippen LogP contribution in [0.3, 0.4) is 0 Å². The highest BCUT2D eigenvalue weighted by molar-refractivity contribution is 9.10. The van der Waals surface area contributed by atoms with Crippen molar-refractivity contribution in [3.63, 3.8) is 0 Å². The van der Waals surface area contributed by atoms with Crippen molar-refractivity contribution in [2.75, 3.05) is 6.54 Å². The Morgan fingerprint density at radius 3 is 2.91 bits per heavy atom. The van der Waals surface area contributed by atoms with Crippen LogP contribution in [-0.4, -0.2) is 21.4 Å². The lowest BCUT2D eigenvalue weighted by Gasteiger charge is -2.28. The van der Waals surface area contributed by atoms with E-state index in [1.54, 1.807) is 0 Å². The van der Waals surface area contributed by atoms with Crippen molar-refractivity contribution in [1.29, 1.82) is 0 Å². The maximum absolute atomic E-state index is 12.4. The first-order chi connectivity index (χ1) is 10.7. The highest BCUT2D eigenvalue weighted by atomic mass is 79.9. The van der Waals surface area contributed by atoms with Crippen molar-refractivity contribution in [2.24, 2.45) is 0 Å². The Kier molecular flexibility index (Phi) is 3.62. The molecule has 114 valence electrons. The van der Waals surface area contributed by atoms with Crippen LogP contribution < -0.4 is 5.56 Å². The van der Waals surface area contributed by atoms with E-state index in [9.17, 15) is 4.79 Å². The average Bonchev–Trinajstić information content (AvgIpc) is 3.35. The largest absolute Gasteiger partial charge is 0.310 e. The van der Waals surface area contributed by atoms with Gasteiger partial charge in [0.2, 0.25) is 0 Å². The molecular weight excluding hydrogens is 342 g/mol. The summed E-state index contributed by atoms with van der Waals surface area (Å²) in [6, 6.07) is 8.25. The highest BCUT2D eigenvalue weighted by Crippen LogP contribution is 2.37. The summed E-state index contributed by atoms with van der Waals surface area (Å²) < 4.78 is 1.12. The maximum atomic E-state index is 12.4. The molecule has 1 N–H and O–H groups in total. The summed E-state index contributed by atoms with van der Waals surface area (Å²) in [4.78, 5) is 22.4. The van der Waals surface area contributed by atoms with Crippen molar-refractivity contribution in [3.05, 3.63) is 61.7 Å². The minimum absolute atomic E-state index is 0.0590. The van der Waals surface area contributed by atoms with Crippen LogP contribution >= 0.6 is 15.9 Å². The van der Waals surface area contributed by atoms with Gasteiger partial charge in [-0.2, -0.15) is 0 Å². The topological polar surface area (TPSA) is 49.0 Å². The van der Waals surface area contributed by atoms with Gasteiger partial charge in [-0.05, 0) is 24.5 Å². The monoisotopic (exact) mass is 359 g/mol. The quantitative estimate of drug-likeness (QED) is 0.916. The van der Waals surface area contributed by atoms with E-state index in [4.69, 9.17) is 4.98 Å². The van der Waals surface area contributed by atoms with Gasteiger partial charge < -0.3 is 4.98 Å². The lowest BCUT2D eigenvalue weighted by Crippen LogP contribution is -2.35. The van der Waals surface area contributed by atoms with E-state index >= 15 is 0 Å². The molecule has 4 nitrogen and oxygen atoms in total. The molecule has 1 aromatic carbocycles.